The normalized spacial score (nSPS) is 14.6. The van der Waals surface area contributed by atoms with E-state index >= 15 is 0 Å². The highest BCUT2D eigenvalue weighted by Gasteiger charge is 2.59. The molecule has 0 spiro atoms. The second-order valence-electron chi connectivity index (χ2n) is 3.78. The molecule has 0 amide bonds. The summed E-state index contributed by atoms with van der Waals surface area (Å²) in [7, 11) is 0. The number of halogens is 6. The molecule has 0 heterocycles. The number of hydrogen-bond donors (Lipinski definition) is 1. The Morgan fingerprint density at radius 2 is 1.65 bits per heavy atom. The zero-order chi connectivity index (χ0) is 15.4. The van der Waals surface area contributed by atoms with Crippen LogP contribution in [0.5, 0.6) is 5.75 Å². The van der Waals surface area contributed by atoms with Gasteiger partial charge in [0.25, 0.3) is 6.17 Å². The van der Waals surface area contributed by atoms with E-state index in [0.29, 0.717) is 5.56 Å². The van der Waals surface area contributed by atoms with E-state index < -0.39 is 24.2 Å². The molecule has 112 valence electrons. The van der Waals surface area contributed by atoms with E-state index in [1.54, 1.807) is 12.2 Å². The van der Waals surface area contributed by atoms with Crippen molar-refractivity contribution in [2.24, 2.45) is 5.73 Å². The Bertz CT molecular complexity index is 454. The molecule has 0 aliphatic carbocycles. The summed E-state index contributed by atoms with van der Waals surface area (Å²) in [6.45, 7) is 0.269. The smallest absolute Gasteiger partial charge is 0.430 e. The summed E-state index contributed by atoms with van der Waals surface area (Å²) in [4.78, 5) is 0. The van der Waals surface area contributed by atoms with Crippen LogP contribution >= 0.6 is 0 Å². The monoisotopic (exact) mass is 299 g/mol. The molecular formula is C12H11F6NO. The predicted molar refractivity (Wildman–Crippen MR) is 61.1 cm³/mol. The molecule has 1 rings (SSSR count). The van der Waals surface area contributed by atoms with Crippen LogP contribution in [-0.4, -0.2) is 25.0 Å². The lowest BCUT2D eigenvalue weighted by atomic mass is 10.2. The first-order chi connectivity index (χ1) is 9.16. The van der Waals surface area contributed by atoms with Crippen molar-refractivity contribution < 1.29 is 31.1 Å². The van der Waals surface area contributed by atoms with Crippen LogP contribution in [0.25, 0.3) is 6.08 Å². The maximum atomic E-state index is 13.0. The van der Waals surface area contributed by atoms with Crippen molar-refractivity contribution in [2.45, 2.75) is 18.5 Å². The zero-order valence-electron chi connectivity index (χ0n) is 10.0. The summed E-state index contributed by atoms with van der Waals surface area (Å²) in [5.41, 5.74) is 5.79. The first-order valence-electron chi connectivity index (χ1n) is 5.41. The molecule has 1 aromatic carbocycles. The summed E-state index contributed by atoms with van der Waals surface area (Å²) in [6.07, 6.45) is -11.9. The summed E-state index contributed by atoms with van der Waals surface area (Å²) >= 11 is 0. The van der Waals surface area contributed by atoms with Gasteiger partial charge in [0.2, 0.25) is 0 Å². The first-order valence-corrected chi connectivity index (χ1v) is 5.41. The molecule has 0 aromatic heterocycles. The zero-order valence-corrected chi connectivity index (χ0v) is 10.0. The van der Waals surface area contributed by atoms with Crippen LogP contribution in [-0.2, 0) is 0 Å². The molecule has 0 bridgehead atoms. The van der Waals surface area contributed by atoms with E-state index in [-0.39, 0.29) is 6.54 Å². The molecule has 2 nitrogen and oxygen atoms in total. The Labute approximate surface area is 110 Å². The van der Waals surface area contributed by atoms with E-state index in [1.165, 1.54) is 12.1 Å². The van der Waals surface area contributed by atoms with Crippen molar-refractivity contribution in [2.75, 3.05) is 6.54 Å². The van der Waals surface area contributed by atoms with Crippen LogP contribution in [0.3, 0.4) is 0 Å². The topological polar surface area (TPSA) is 35.2 Å². The second-order valence-corrected chi connectivity index (χ2v) is 3.78. The molecule has 0 aliphatic heterocycles. The second kappa shape index (κ2) is 6.17. The number of ether oxygens (including phenoxy) is 1. The lowest BCUT2D eigenvalue weighted by Crippen LogP contribution is -2.45. The summed E-state index contributed by atoms with van der Waals surface area (Å²) in [6, 6.07) is 4.65. The van der Waals surface area contributed by atoms with Gasteiger partial charge in [-0.2, -0.15) is 22.0 Å². The molecule has 0 radical (unpaired) electrons. The third kappa shape index (κ3) is 4.44. The van der Waals surface area contributed by atoms with Crippen molar-refractivity contribution >= 4 is 6.08 Å². The van der Waals surface area contributed by atoms with Crippen LogP contribution in [0.1, 0.15) is 5.56 Å². The van der Waals surface area contributed by atoms with Gasteiger partial charge in [0.05, 0.1) is 0 Å². The van der Waals surface area contributed by atoms with Crippen molar-refractivity contribution in [3.63, 3.8) is 0 Å². The minimum atomic E-state index is -5.70. The molecule has 0 aliphatic rings. The Hall–Kier alpha value is -1.70. The number of benzene rings is 1. The van der Waals surface area contributed by atoms with Crippen molar-refractivity contribution in [3.8, 4) is 5.75 Å². The molecule has 8 heteroatoms. The van der Waals surface area contributed by atoms with Gasteiger partial charge in [0, 0.05) is 6.54 Å². The average Bonchev–Trinajstić information content (AvgIpc) is 2.35. The fraction of sp³-hybridized carbons (Fsp3) is 0.333. The Morgan fingerprint density at radius 3 is 2.10 bits per heavy atom. The van der Waals surface area contributed by atoms with Gasteiger partial charge in [-0.3, -0.25) is 0 Å². The molecule has 0 saturated heterocycles. The van der Waals surface area contributed by atoms with Gasteiger partial charge in [-0.05, 0) is 17.7 Å². The quantitative estimate of drug-likeness (QED) is 0.844. The van der Waals surface area contributed by atoms with E-state index in [0.717, 1.165) is 12.1 Å². The lowest BCUT2D eigenvalue weighted by molar-refractivity contribution is -0.304. The minimum Gasteiger partial charge on any atom is -0.430 e. The number of rotatable bonds is 5. The van der Waals surface area contributed by atoms with Crippen LogP contribution < -0.4 is 10.5 Å². The lowest BCUT2D eigenvalue weighted by Gasteiger charge is -2.23. The van der Waals surface area contributed by atoms with Gasteiger partial charge in [0.15, 0.2) is 0 Å². The third-order valence-electron chi connectivity index (χ3n) is 2.16. The summed E-state index contributed by atoms with van der Waals surface area (Å²) in [5.74, 6) is -0.577. The first kappa shape index (κ1) is 16.4. The largest absolute Gasteiger partial charge is 0.439 e. The fourth-order valence-electron chi connectivity index (χ4n) is 1.25. The SMILES string of the molecule is NCC=Cc1ccc(OC(F)(F)[C@H](F)C(F)(F)F)cc1. The fourth-order valence-corrected chi connectivity index (χ4v) is 1.25. The van der Waals surface area contributed by atoms with Gasteiger partial charge in [-0.25, -0.2) is 4.39 Å². The molecule has 1 atom stereocenters. The van der Waals surface area contributed by atoms with Crippen molar-refractivity contribution in [3.05, 3.63) is 35.9 Å². The molecule has 2 N–H and O–H groups in total. The molecule has 20 heavy (non-hydrogen) atoms. The van der Waals surface area contributed by atoms with Gasteiger partial charge < -0.3 is 10.5 Å². The van der Waals surface area contributed by atoms with Crippen molar-refractivity contribution in [1.29, 1.82) is 0 Å². The van der Waals surface area contributed by atoms with Gasteiger partial charge >= 0.3 is 12.3 Å². The van der Waals surface area contributed by atoms with E-state index in [4.69, 9.17) is 5.73 Å². The predicted octanol–water partition coefficient (Wildman–Crippen LogP) is 3.53. The Morgan fingerprint density at radius 1 is 1.10 bits per heavy atom. The maximum absolute atomic E-state index is 13.0. The third-order valence-corrected chi connectivity index (χ3v) is 2.16. The number of hydrogen-bond acceptors (Lipinski definition) is 2. The average molecular weight is 299 g/mol. The van der Waals surface area contributed by atoms with Crippen LogP contribution in [0.4, 0.5) is 26.3 Å². The maximum Gasteiger partial charge on any atom is 0.439 e. The Balaban J connectivity index is 2.80. The minimum absolute atomic E-state index is 0.269. The highest BCUT2D eigenvalue weighted by molar-refractivity contribution is 5.50. The van der Waals surface area contributed by atoms with Crippen LogP contribution in [0.15, 0.2) is 30.3 Å². The molecular weight excluding hydrogens is 288 g/mol. The van der Waals surface area contributed by atoms with Gasteiger partial charge in [-0.1, -0.05) is 24.3 Å². The molecule has 0 saturated carbocycles. The Kier molecular flexibility index (Phi) is 5.04. The summed E-state index contributed by atoms with van der Waals surface area (Å²) < 4.78 is 78.0. The standard InChI is InChI=1S/C12H11F6NO/c13-10(11(14,15)16)12(17,18)20-9-5-3-8(4-6-9)2-1-7-19/h1-6,10H,7,19H2/t10-/m1/s1. The van der Waals surface area contributed by atoms with Crippen LogP contribution in [0.2, 0.25) is 0 Å². The highest BCUT2D eigenvalue weighted by atomic mass is 19.4. The molecule has 0 fully saturated rings. The number of nitrogens with two attached hydrogens (primary N) is 1. The van der Waals surface area contributed by atoms with E-state index in [1.807, 2.05) is 0 Å². The van der Waals surface area contributed by atoms with Crippen molar-refractivity contribution in [1.82, 2.24) is 0 Å². The van der Waals surface area contributed by atoms with Gasteiger partial charge in [-0.15, -0.1) is 0 Å². The molecule has 1 aromatic rings. The molecule has 0 unspecified atom stereocenters. The summed E-state index contributed by atoms with van der Waals surface area (Å²) in [5, 5.41) is 0. The highest BCUT2D eigenvalue weighted by Crippen LogP contribution is 2.36. The number of alkyl halides is 6. The van der Waals surface area contributed by atoms with E-state index in [2.05, 4.69) is 4.74 Å². The van der Waals surface area contributed by atoms with Gasteiger partial charge in [0.1, 0.15) is 5.75 Å². The van der Waals surface area contributed by atoms with Crippen LogP contribution in [0, 0.1) is 0 Å². The van der Waals surface area contributed by atoms with E-state index in [9.17, 15) is 26.3 Å².